The molecule has 0 saturated heterocycles. The van der Waals surface area contributed by atoms with Crippen molar-refractivity contribution in [3.05, 3.63) is 71.3 Å². The zero-order valence-corrected chi connectivity index (χ0v) is 14.3. The average molecular weight is 356 g/mol. The molecule has 7 nitrogen and oxygen atoms in total. The first-order valence-corrected chi connectivity index (χ1v) is 8.03. The van der Waals surface area contributed by atoms with Crippen LogP contribution in [-0.4, -0.2) is 29.1 Å². The molecule has 0 radical (unpaired) electrons. The molecule has 2 rings (SSSR count). The number of aliphatic hydroxyl groups is 1. The topological polar surface area (TPSA) is 105 Å². The fourth-order valence-corrected chi connectivity index (χ4v) is 2.06. The lowest BCUT2D eigenvalue weighted by molar-refractivity contribution is -0.127. The number of imide groups is 1. The standard InChI is InChI=1S/C19H20N2O5/c1-13(26-18(24)16-9-7-15(12-22)8-10-16)17(23)21-19(25)20-11-14-5-3-2-4-6-14/h2-10,13,22H,11-12H2,1H3,(H2,20,21,23,25)/t13-/m1/s1. The van der Waals surface area contributed by atoms with Crippen molar-refractivity contribution in [2.24, 2.45) is 0 Å². The fraction of sp³-hybridized carbons (Fsp3) is 0.211. The predicted octanol–water partition coefficient (Wildman–Crippen LogP) is 1.75. The van der Waals surface area contributed by atoms with Gasteiger partial charge >= 0.3 is 12.0 Å². The molecule has 0 aliphatic heterocycles. The second-order valence-corrected chi connectivity index (χ2v) is 5.56. The van der Waals surface area contributed by atoms with Crippen molar-refractivity contribution < 1.29 is 24.2 Å². The van der Waals surface area contributed by atoms with E-state index in [0.29, 0.717) is 5.56 Å². The lowest BCUT2D eigenvalue weighted by Crippen LogP contribution is -2.44. The minimum atomic E-state index is -1.14. The maximum atomic E-state index is 12.0. The van der Waals surface area contributed by atoms with Crippen molar-refractivity contribution in [1.29, 1.82) is 0 Å². The van der Waals surface area contributed by atoms with Gasteiger partial charge in [-0.3, -0.25) is 10.1 Å². The zero-order valence-electron chi connectivity index (χ0n) is 14.3. The molecule has 136 valence electrons. The largest absolute Gasteiger partial charge is 0.449 e. The molecule has 2 aromatic rings. The van der Waals surface area contributed by atoms with E-state index in [0.717, 1.165) is 5.56 Å². The van der Waals surface area contributed by atoms with Crippen molar-refractivity contribution in [3.63, 3.8) is 0 Å². The first kappa shape index (κ1) is 19.1. The van der Waals surface area contributed by atoms with Gasteiger partial charge in [-0.2, -0.15) is 0 Å². The highest BCUT2D eigenvalue weighted by Crippen LogP contribution is 2.07. The van der Waals surface area contributed by atoms with Gasteiger partial charge in [-0.05, 0) is 30.2 Å². The van der Waals surface area contributed by atoms with Crippen molar-refractivity contribution in [2.75, 3.05) is 0 Å². The summed E-state index contributed by atoms with van der Waals surface area (Å²) in [6.45, 7) is 1.51. The van der Waals surface area contributed by atoms with Gasteiger partial charge in [0.05, 0.1) is 12.2 Å². The van der Waals surface area contributed by atoms with Crippen LogP contribution in [0.25, 0.3) is 0 Å². The Bertz CT molecular complexity index is 759. The number of amides is 3. The van der Waals surface area contributed by atoms with Gasteiger partial charge in [0, 0.05) is 6.54 Å². The fourth-order valence-electron chi connectivity index (χ4n) is 2.06. The molecule has 7 heteroatoms. The van der Waals surface area contributed by atoms with Gasteiger partial charge in [0.25, 0.3) is 5.91 Å². The van der Waals surface area contributed by atoms with Gasteiger partial charge in [-0.15, -0.1) is 0 Å². The summed E-state index contributed by atoms with van der Waals surface area (Å²) < 4.78 is 5.04. The molecule has 0 unspecified atom stereocenters. The highest BCUT2D eigenvalue weighted by molar-refractivity contribution is 5.98. The molecule has 26 heavy (non-hydrogen) atoms. The Morgan fingerprint density at radius 1 is 1.00 bits per heavy atom. The number of benzene rings is 2. The lowest BCUT2D eigenvalue weighted by Gasteiger charge is -2.13. The Morgan fingerprint density at radius 3 is 2.27 bits per heavy atom. The van der Waals surface area contributed by atoms with Crippen LogP contribution in [-0.2, 0) is 22.7 Å². The van der Waals surface area contributed by atoms with Crippen LogP contribution in [0, 0.1) is 0 Å². The molecule has 3 amide bonds. The minimum absolute atomic E-state index is 0.133. The number of urea groups is 1. The molecule has 0 spiro atoms. The Balaban J connectivity index is 1.80. The Hall–Kier alpha value is -3.19. The number of carbonyl (C=O) groups is 3. The van der Waals surface area contributed by atoms with Crippen molar-refractivity contribution in [2.45, 2.75) is 26.2 Å². The van der Waals surface area contributed by atoms with Crippen molar-refractivity contribution in [3.8, 4) is 0 Å². The summed E-state index contributed by atoms with van der Waals surface area (Å²) in [4.78, 5) is 35.7. The third kappa shape index (κ3) is 5.71. The van der Waals surface area contributed by atoms with Gasteiger partial charge in [0.1, 0.15) is 0 Å². The monoisotopic (exact) mass is 356 g/mol. The number of esters is 1. The zero-order chi connectivity index (χ0) is 18.9. The predicted molar refractivity (Wildman–Crippen MR) is 94.1 cm³/mol. The molecule has 0 saturated carbocycles. The number of rotatable bonds is 6. The van der Waals surface area contributed by atoms with Gasteiger partial charge < -0.3 is 15.2 Å². The van der Waals surface area contributed by atoms with Crippen LogP contribution in [0.1, 0.15) is 28.4 Å². The van der Waals surface area contributed by atoms with E-state index in [4.69, 9.17) is 9.84 Å². The molecule has 0 heterocycles. The minimum Gasteiger partial charge on any atom is -0.449 e. The average Bonchev–Trinajstić information content (AvgIpc) is 2.67. The van der Waals surface area contributed by atoms with Crippen LogP contribution >= 0.6 is 0 Å². The second kappa shape index (κ2) is 9.33. The highest BCUT2D eigenvalue weighted by Gasteiger charge is 2.20. The molecule has 0 aliphatic carbocycles. The van der Waals surface area contributed by atoms with Gasteiger partial charge in [-0.1, -0.05) is 42.5 Å². The van der Waals surface area contributed by atoms with E-state index < -0.39 is 24.0 Å². The van der Waals surface area contributed by atoms with E-state index in [1.54, 1.807) is 12.1 Å². The van der Waals surface area contributed by atoms with Crippen LogP contribution in [0.3, 0.4) is 0 Å². The smallest absolute Gasteiger partial charge is 0.338 e. The third-order valence-corrected chi connectivity index (χ3v) is 3.56. The van der Waals surface area contributed by atoms with Crippen molar-refractivity contribution in [1.82, 2.24) is 10.6 Å². The van der Waals surface area contributed by atoms with Gasteiger partial charge in [0.15, 0.2) is 6.10 Å². The SMILES string of the molecule is C[C@@H](OC(=O)c1ccc(CO)cc1)C(=O)NC(=O)NCc1ccccc1. The number of ether oxygens (including phenoxy) is 1. The summed E-state index contributed by atoms with van der Waals surface area (Å²) in [5.41, 5.74) is 1.79. The van der Waals surface area contributed by atoms with E-state index in [2.05, 4.69) is 10.6 Å². The quantitative estimate of drug-likeness (QED) is 0.684. The van der Waals surface area contributed by atoms with Crippen molar-refractivity contribution >= 4 is 17.9 Å². The summed E-state index contributed by atoms with van der Waals surface area (Å²) in [7, 11) is 0. The highest BCUT2D eigenvalue weighted by atomic mass is 16.5. The van der Waals surface area contributed by atoms with E-state index in [9.17, 15) is 14.4 Å². The maximum absolute atomic E-state index is 12.0. The molecular formula is C19H20N2O5. The van der Waals surface area contributed by atoms with Crippen LogP contribution in [0.4, 0.5) is 4.79 Å². The van der Waals surface area contributed by atoms with Gasteiger partial charge in [0.2, 0.25) is 0 Å². The van der Waals surface area contributed by atoms with Crippen LogP contribution in [0.15, 0.2) is 54.6 Å². The molecule has 0 aliphatic rings. The number of hydrogen-bond acceptors (Lipinski definition) is 5. The number of carbonyl (C=O) groups excluding carboxylic acids is 3. The molecule has 0 fully saturated rings. The second-order valence-electron chi connectivity index (χ2n) is 5.56. The first-order valence-electron chi connectivity index (χ1n) is 8.03. The molecular weight excluding hydrogens is 336 g/mol. The molecule has 0 aromatic heterocycles. The van der Waals surface area contributed by atoms with Gasteiger partial charge in [-0.25, -0.2) is 9.59 Å². The number of nitrogens with one attached hydrogen (secondary N) is 2. The third-order valence-electron chi connectivity index (χ3n) is 3.56. The Labute approximate surface area is 151 Å². The number of aliphatic hydroxyl groups excluding tert-OH is 1. The van der Waals surface area contributed by atoms with E-state index in [-0.39, 0.29) is 18.7 Å². The van der Waals surface area contributed by atoms with Crippen LogP contribution in [0.2, 0.25) is 0 Å². The van der Waals surface area contributed by atoms with E-state index in [1.807, 2.05) is 30.3 Å². The Morgan fingerprint density at radius 2 is 1.65 bits per heavy atom. The number of hydrogen-bond donors (Lipinski definition) is 3. The molecule has 2 aromatic carbocycles. The molecule has 1 atom stereocenters. The normalized spacial score (nSPS) is 11.3. The van der Waals surface area contributed by atoms with E-state index in [1.165, 1.54) is 19.1 Å². The summed E-state index contributed by atoms with van der Waals surface area (Å²) in [6, 6.07) is 14.7. The maximum Gasteiger partial charge on any atom is 0.338 e. The lowest BCUT2D eigenvalue weighted by atomic mass is 10.1. The molecule has 3 N–H and O–H groups in total. The first-order chi connectivity index (χ1) is 12.5. The summed E-state index contributed by atoms with van der Waals surface area (Å²) in [5.74, 6) is -1.42. The summed E-state index contributed by atoms with van der Waals surface area (Å²) >= 11 is 0. The van der Waals surface area contributed by atoms with Crippen LogP contribution < -0.4 is 10.6 Å². The van der Waals surface area contributed by atoms with Crippen LogP contribution in [0.5, 0.6) is 0 Å². The molecule has 0 bridgehead atoms. The van der Waals surface area contributed by atoms with E-state index >= 15 is 0 Å². The summed E-state index contributed by atoms with van der Waals surface area (Å²) in [5, 5.41) is 13.7. The Kier molecular flexibility index (Phi) is 6.87. The summed E-state index contributed by atoms with van der Waals surface area (Å²) in [6.07, 6.45) is -1.14.